The number of thioether (sulfide) groups is 1. The van der Waals surface area contributed by atoms with Crippen LogP contribution in [0.5, 0.6) is 0 Å². The molecule has 116 valence electrons. The molecule has 0 bridgehead atoms. The van der Waals surface area contributed by atoms with Gasteiger partial charge in [-0.25, -0.2) is 0 Å². The maximum absolute atomic E-state index is 12.0. The first-order valence-electron chi connectivity index (χ1n) is 7.26. The number of aliphatic hydroxyl groups excluding tert-OH is 1. The van der Waals surface area contributed by atoms with Crippen LogP contribution in [0.15, 0.2) is 53.7 Å². The van der Waals surface area contributed by atoms with E-state index in [9.17, 15) is 4.79 Å². The van der Waals surface area contributed by atoms with Crippen molar-refractivity contribution >= 4 is 17.7 Å². The van der Waals surface area contributed by atoms with E-state index in [0.717, 1.165) is 10.6 Å². The lowest BCUT2D eigenvalue weighted by Gasteiger charge is -2.14. The zero-order chi connectivity index (χ0) is 15.8. The zero-order valence-electron chi connectivity index (χ0n) is 12.5. The normalized spacial score (nSPS) is 11.9. The van der Waals surface area contributed by atoms with Crippen LogP contribution in [0.3, 0.4) is 0 Å². The van der Waals surface area contributed by atoms with Crippen LogP contribution in [0, 0.1) is 0 Å². The number of carbonyl (C=O) groups is 1. The van der Waals surface area contributed by atoms with Crippen LogP contribution < -0.4 is 5.32 Å². The van der Waals surface area contributed by atoms with Gasteiger partial charge in [-0.3, -0.25) is 9.78 Å². The number of carbonyl (C=O) groups excluding carboxylic acids is 1. The Kier molecular flexibility index (Phi) is 6.43. The number of nitrogens with one attached hydrogen (secondary N) is 1. The first-order valence-corrected chi connectivity index (χ1v) is 8.25. The molecule has 1 aromatic carbocycles. The van der Waals surface area contributed by atoms with Crippen molar-refractivity contribution in [1.29, 1.82) is 0 Å². The molecule has 0 fully saturated rings. The van der Waals surface area contributed by atoms with E-state index in [2.05, 4.69) is 10.3 Å². The minimum absolute atomic E-state index is 0.0404. The molecule has 0 saturated carbocycles. The summed E-state index contributed by atoms with van der Waals surface area (Å²) in [5, 5.41) is 11.9. The molecule has 2 rings (SSSR count). The molecule has 1 aromatic heterocycles. The molecule has 0 aliphatic heterocycles. The molecular weight excluding hydrogens is 296 g/mol. The van der Waals surface area contributed by atoms with E-state index in [4.69, 9.17) is 5.11 Å². The Hall–Kier alpha value is -1.85. The Morgan fingerprint density at radius 2 is 2.09 bits per heavy atom. The van der Waals surface area contributed by atoms with Crippen molar-refractivity contribution in [2.24, 2.45) is 0 Å². The van der Waals surface area contributed by atoms with Crippen molar-refractivity contribution in [1.82, 2.24) is 10.3 Å². The average molecular weight is 316 g/mol. The largest absolute Gasteiger partial charge is 0.394 e. The van der Waals surface area contributed by atoms with Gasteiger partial charge in [0.25, 0.3) is 5.91 Å². The summed E-state index contributed by atoms with van der Waals surface area (Å²) in [7, 11) is 0. The lowest BCUT2D eigenvalue weighted by Crippen LogP contribution is -2.36. The topological polar surface area (TPSA) is 62.2 Å². The van der Waals surface area contributed by atoms with E-state index in [1.165, 1.54) is 5.56 Å². The summed E-state index contributed by atoms with van der Waals surface area (Å²) < 4.78 is 0. The smallest absolute Gasteiger partial charge is 0.251 e. The van der Waals surface area contributed by atoms with Crippen LogP contribution in [-0.2, 0) is 5.75 Å². The van der Waals surface area contributed by atoms with E-state index < -0.39 is 0 Å². The molecule has 1 unspecified atom stereocenters. The van der Waals surface area contributed by atoms with Crippen LogP contribution in [0.1, 0.15) is 29.3 Å². The maximum atomic E-state index is 12.0. The van der Waals surface area contributed by atoms with E-state index in [-0.39, 0.29) is 18.6 Å². The molecule has 1 heterocycles. The quantitative estimate of drug-likeness (QED) is 0.771. The summed E-state index contributed by atoms with van der Waals surface area (Å²) in [5.41, 5.74) is 1.78. The van der Waals surface area contributed by atoms with Gasteiger partial charge in [-0.15, -0.1) is 11.8 Å². The van der Waals surface area contributed by atoms with E-state index >= 15 is 0 Å². The van der Waals surface area contributed by atoms with Gasteiger partial charge in [0.2, 0.25) is 0 Å². The number of aliphatic hydroxyl groups is 1. The van der Waals surface area contributed by atoms with Crippen LogP contribution in [0.25, 0.3) is 0 Å². The summed E-state index contributed by atoms with van der Waals surface area (Å²) in [6.45, 7) is 1.89. The molecule has 0 spiro atoms. The van der Waals surface area contributed by atoms with Crippen molar-refractivity contribution in [2.75, 3.05) is 6.61 Å². The molecule has 0 aliphatic rings. The Bertz CT molecular complexity index is 583. The van der Waals surface area contributed by atoms with Gasteiger partial charge < -0.3 is 10.4 Å². The number of amides is 1. The minimum atomic E-state index is -0.188. The van der Waals surface area contributed by atoms with Crippen LogP contribution in [0.2, 0.25) is 0 Å². The molecule has 4 nitrogen and oxygen atoms in total. The van der Waals surface area contributed by atoms with Crippen molar-refractivity contribution < 1.29 is 9.90 Å². The molecule has 1 amide bonds. The fourth-order valence-electron chi connectivity index (χ4n) is 1.90. The Morgan fingerprint density at radius 1 is 1.32 bits per heavy atom. The van der Waals surface area contributed by atoms with E-state index in [1.807, 2.05) is 49.5 Å². The summed E-state index contributed by atoms with van der Waals surface area (Å²) in [6, 6.07) is 11.3. The van der Waals surface area contributed by atoms with Crippen molar-refractivity contribution in [2.45, 2.75) is 30.0 Å². The highest BCUT2D eigenvalue weighted by Crippen LogP contribution is 2.22. The summed E-state index contributed by atoms with van der Waals surface area (Å²) in [6.07, 6.45) is 4.33. The maximum Gasteiger partial charge on any atom is 0.251 e. The molecule has 5 heteroatoms. The lowest BCUT2D eigenvalue weighted by atomic mass is 10.2. The number of hydrogen-bond donors (Lipinski definition) is 2. The number of rotatable bonds is 7. The van der Waals surface area contributed by atoms with E-state index in [0.29, 0.717) is 12.0 Å². The van der Waals surface area contributed by atoms with Gasteiger partial charge in [0.05, 0.1) is 12.6 Å². The fraction of sp³-hybridized carbons (Fsp3) is 0.294. The van der Waals surface area contributed by atoms with Gasteiger partial charge in [-0.1, -0.05) is 13.0 Å². The van der Waals surface area contributed by atoms with Gasteiger partial charge in [0, 0.05) is 28.6 Å². The Balaban J connectivity index is 1.91. The summed E-state index contributed by atoms with van der Waals surface area (Å²) in [5.74, 6) is 0.701. The highest BCUT2D eigenvalue weighted by Gasteiger charge is 2.11. The molecular formula is C17H20N2O2S. The summed E-state index contributed by atoms with van der Waals surface area (Å²) >= 11 is 1.71. The Labute approximate surface area is 135 Å². The predicted molar refractivity (Wildman–Crippen MR) is 88.9 cm³/mol. The standard InChI is InChI=1S/C17H20N2O2S/c1-2-15(11-20)19-17(21)14-5-7-16(8-6-14)22-12-13-4-3-9-18-10-13/h3-10,15,20H,2,11-12H2,1H3,(H,19,21). The Morgan fingerprint density at radius 3 is 2.68 bits per heavy atom. The van der Waals surface area contributed by atoms with Gasteiger partial charge in [0.15, 0.2) is 0 Å². The molecule has 0 radical (unpaired) electrons. The van der Waals surface area contributed by atoms with Gasteiger partial charge in [0.1, 0.15) is 0 Å². The van der Waals surface area contributed by atoms with Crippen molar-refractivity contribution in [3.05, 3.63) is 59.9 Å². The molecule has 2 aromatic rings. The summed E-state index contributed by atoms with van der Waals surface area (Å²) in [4.78, 5) is 17.2. The fourth-order valence-corrected chi connectivity index (χ4v) is 2.73. The minimum Gasteiger partial charge on any atom is -0.394 e. The number of benzene rings is 1. The van der Waals surface area contributed by atoms with Crippen LogP contribution >= 0.6 is 11.8 Å². The molecule has 0 aliphatic carbocycles. The number of nitrogens with zero attached hydrogens (tertiary/aromatic N) is 1. The van der Waals surface area contributed by atoms with Crippen LogP contribution in [0.4, 0.5) is 0 Å². The highest BCUT2D eigenvalue weighted by atomic mass is 32.2. The van der Waals surface area contributed by atoms with Gasteiger partial charge >= 0.3 is 0 Å². The monoisotopic (exact) mass is 316 g/mol. The second kappa shape index (κ2) is 8.56. The molecule has 1 atom stereocenters. The van der Waals surface area contributed by atoms with Crippen LogP contribution in [-0.4, -0.2) is 28.6 Å². The van der Waals surface area contributed by atoms with Crippen molar-refractivity contribution in [3.63, 3.8) is 0 Å². The zero-order valence-corrected chi connectivity index (χ0v) is 13.3. The van der Waals surface area contributed by atoms with Gasteiger partial charge in [-0.2, -0.15) is 0 Å². The molecule has 2 N–H and O–H groups in total. The second-order valence-electron chi connectivity index (χ2n) is 4.94. The van der Waals surface area contributed by atoms with Crippen molar-refractivity contribution in [3.8, 4) is 0 Å². The third-order valence-electron chi connectivity index (χ3n) is 3.29. The first kappa shape index (κ1) is 16.5. The SMILES string of the molecule is CCC(CO)NC(=O)c1ccc(SCc2cccnc2)cc1. The predicted octanol–water partition coefficient (Wildman–Crippen LogP) is 2.87. The second-order valence-corrected chi connectivity index (χ2v) is 5.98. The third kappa shape index (κ3) is 4.86. The molecule has 0 saturated heterocycles. The van der Waals surface area contributed by atoms with Gasteiger partial charge in [-0.05, 0) is 42.3 Å². The highest BCUT2D eigenvalue weighted by molar-refractivity contribution is 7.98. The number of aromatic nitrogens is 1. The first-order chi connectivity index (χ1) is 10.7. The number of pyridine rings is 1. The average Bonchev–Trinajstić information content (AvgIpc) is 2.59. The lowest BCUT2D eigenvalue weighted by molar-refractivity contribution is 0.0915. The third-order valence-corrected chi connectivity index (χ3v) is 4.38. The number of hydrogen-bond acceptors (Lipinski definition) is 4. The molecule has 22 heavy (non-hydrogen) atoms. The van der Waals surface area contributed by atoms with E-state index in [1.54, 1.807) is 18.0 Å².